The molecule has 1 amide bonds. The molecule has 0 spiro atoms. The second kappa shape index (κ2) is 7.38. The van der Waals surface area contributed by atoms with Crippen molar-refractivity contribution in [3.8, 4) is 5.69 Å². The first-order valence-corrected chi connectivity index (χ1v) is 9.09. The molecule has 0 bridgehead atoms. The third kappa shape index (κ3) is 5.19. The second-order valence-electron chi connectivity index (χ2n) is 5.22. The minimum atomic E-state index is -3.28. The third-order valence-corrected chi connectivity index (χ3v) is 3.98. The maximum absolute atomic E-state index is 11.9. The molecule has 124 valence electrons. The molecule has 1 heterocycles. The summed E-state index contributed by atoms with van der Waals surface area (Å²) in [7, 11) is -3.28. The van der Waals surface area contributed by atoms with Crippen LogP contribution in [0.1, 0.15) is 24.9 Å². The van der Waals surface area contributed by atoms with Crippen molar-refractivity contribution in [2.24, 2.45) is 0 Å². The quantitative estimate of drug-likeness (QED) is 0.788. The number of benzene rings is 1. The molecule has 8 heteroatoms. The van der Waals surface area contributed by atoms with Gasteiger partial charge in [-0.25, -0.2) is 17.8 Å². The zero-order valence-electron chi connectivity index (χ0n) is 13.1. The van der Waals surface area contributed by atoms with E-state index in [1.54, 1.807) is 10.9 Å². The third-order valence-electron chi connectivity index (χ3n) is 3.25. The largest absolute Gasteiger partial charge is 0.349 e. The minimum Gasteiger partial charge on any atom is -0.349 e. The number of carbonyl (C=O) groups excluding carboxylic acids is 1. The van der Waals surface area contributed by atoms with E-state index in [1.807, 2.05) is 43.5 Å². The Balaban J connectivity index is 2.01. The lowest BCUT2D eigenvalue weighted by Gasteiger charge is -2.18. The maximum Gasteiger partial charge on any atom is 0.221 e. The number of hydrogen-bond acceptors (Lipinski definition) is 4. The Morgan fingerprint density at radius 3 is 2.70 bits per heavy atom. The Bertz CT molecular complexity index is 757. The molecule has 2 N–H and O–H groups in total. The summed E-state index contributed by atoms with van der Waals surface area (Å²) < 4.78 is 26.0. The molecule has 0 saturated carbocycles. The van der Waals surface area contributed by atoms with E-state index in [0.717, 1.165) is 17.5 Å². The molecule has 0 aliphatic rings. The predicted molar refractivity (Wildman–Crippen MR) is 87.6 cm³/mol. The highest BCUT2D eigenvalue weighted by Gasteiger charge is 2.14. The fourth-order valence-electron chi connectivity index (χ4n) is 2.22. The van der Waals surface area contributed by atoms with E-state index < -0.39 is 10.0 Å². The number of hydrogen-bond donors (Lipinski definition) is 2. The van der Waals surface area contributed by atoms with Crippen molar-refractivity contribution in [2.75, 3.05) is 12.8 Å². The lowest BCUT2D eigenvalue weighted by molar-refractivity contribution is -0.121. The van der Waals surface area contributed by atoms with Crippen molar-refractivity contribution in [1.29, 1.82) is 0 Å². The Hall–Kier alpha value is -2.19. The average molecular weight is 336 g/mol. The SMILES string of the molecule is C[C@@H](NC(=O)CCNS(C)(=O)=O)c1ccccc1-n1cccn1. The van der Waals surface area contributed by atoms with E-state index in [0.29, 0.717) is 0 Å². The van der Waals surface area contributed by atoms with Gasteiger partial charge in [0, 0.05) is 25.4 Å². The molecule has 2 aromatic rings. The number of nitrogens with one attached hydrogen (secondary N) is 2. The van der Waals surface area contributed by atoms with Crippen LogP contribution in [0, 0.1) is 0 Å². The zero-order valence-corrected chi connectivity index (χ0v) is 13.9. The van der Waals surface area contributed by atoms with Crippen LogP contribution < -0.4 is 10.0 Å². The first-order valence-electron chi connectivity index (χ1n) is 7.20. The number of rotatable bonds is 7. The van der Waals surface area contributed by atoms with Gasteiger partial charge in [-0.1, -0.05) is 18.2 Å². The number of aromatic nitrogens is 2. The van der Waals surface area contributed by atoms with E-state index in [-0.39, 0.29) is 24.9 Å². The summed E-state index contributed by atoms with van der Waals surface area (Å²) in [5.74, 6) is -0.219. The lowest BCUT2D eigenvalue weighted by Crippen LogP contribution is -2.32. The van der Waals surface area contributed by atoms with Crippen LogP contribution in [-0.2, 0) is 14.8 Å². The number of carbonyl (C=O) groups is 1. The Labute approximate surface area is 135 Å². The minimum absolute atomic E-state index is 0.0815. The van der Waals surface area contributed by atoms with Crippen LogP contribution in [0.25, 0.3) is 5.69 Å². The average Bonchev–Trinajstić information content (AvgIpc) is 2.99. The van der Waals surface area contributed by atoms with Crippen molar-refractivity contribution in [3.63, 3.8) is 0 Å². The van der Waals surface area contributed by atoms with Crippen molar-refractivity contribution in [2.45, 2.75) is 19.4 Å². The van der Waals surface area contributed by atoms with Gasteiger partial charge in [0.2, 0.25) is 15.9 Å². The highest BCUT2D eigenvalue weighted by atomic mass is 32.2. The van der Waals surface area contributed by atoms with Gasteiger partial charge in [-0.2, -0.15) is 5.10 Å². The summed E-state index contributed by atoms with van der Waals surface area (Å²) >= 11 is 0. The molecule has 1 aromatic carbocycles. The molecule has 0 aliphatic heterocycles. The van der Waals surface area contributed by atoms with Crippen LogP contribution >= 0.6 is 0 Å². The van der Waals surface area contributed by atoms with Crippen molar-refractivity contribution < 1.29 is 13.2 Å². The molecule has 0 fully saturated rings. The summed E-state index contributed by atoms with van der Waals surface area (Å²) in [6.07, 6.45) is 4.68. The first kappa shape index (κ1) is 17.2. The highest BCUT2D eigenvalue weighted by Crippen LogP contribution is 2.20. The normalized spacial score (nSPS) is 12.8. The van der Waals surface area contributed by atoms with Crippen LogP contribution in [0.15, 0.2) is 42.7 Å². The summed E-state index contributed by atoms with van der Waals surface area (Å²) in [4.78, 5) is 11.9. The van der Waals surface area contributed by atoms with E-state index in [9.17, 15) is 13.2 Å². The van der Waals surface area contributed by atoms with Crippen LogP contribution in [-0.4, -0.2) is 36.9 Å². The van der Waals surface area contributed by atoms with Crippen LogP contribution in [0.2, 0.25) is 0 Å². The molecule has 0 radical (unpaired) electrons. The van der Waals surface area contributed by atoms with Gasteiger partial charge in [0.05, 0.1) is 18.0 Å². The van der Waals surface area contributed by atoms with Crippen molar-refractivity contribution in [1.82, 2.24) is 19.8 Å². The maximum atomic E-state index is 11.9. The van der Waals surface area contributed by atoms with Crippen molar-refractivity contribution >= 4 is 15.9 Å². The lowest BCUT2D eigenvalue weighted by atomic mass is 10.1. The smallest absolute Gasteiger partial charge is 0.221 e. The van der Waals surface area contributed by atoms with Gasteiger partial charge in [-0.15, -0.1) is 0 Å². The van der Waals surface area contributed by atoms with Gasteiger partial charge in [0.25, 0.3) is 0 Å². The van der Waals surface area contributed by atoms with E-state index in [2.05, 4.69) is 15.1 Å². The summed E-state index contributed by atoms with van der Waals surface area (Å²) in [5.41, 5.74) is 1.82. The fraction of sp³-hybridized carbons (Fsp3) is 0.333. The Morgan fingerprint density at radius 2 is 2.04 bits per heavy atom. The molecular weight excluding hydrogens is 316 g/mol. The molecule has 0 saturated heterocycles. The second-order valence-corrected chi connectivity index (χ2v) is 7.05. The monoisotopic (exact) mass is 336 g/mol. The Kier molecular flexibility index (Phi) is 5.51. The zero-order chi connectivity index (χ0) is 16.9. The molecule has 23 heavy (non-hydrogen) atoms. The number of sulfonamides is 1. The number of amides is 1. The fourth-order valence-corrected chi connectivity index (χ4v) is 2.69. The Morgan fingerprint density at radius 1 is 1.30 bits per heavy atom. The van der Waals surface area contributed by atoms with Gasteiger partial charge in [0.1, 0.15) is 0 Å². The van der Waals surface area contributed by atoms with E-state index in [4.69, 9.17) is 0 Å². The number of para-hydroxylation sites is 1. The van der Waals surface area contributed by atoms with E-state index >= 15 is 0 Å². The van der Waals surface area contributed by atoms with Gasteiger partial charge in [-0.3, -0.25) is 4.79 Å². The molecule has 1 atom stereocenters. The topological polar surface area (TPSA) is 93.1 Å². The standard InChI is InChI=1S/C15H20N4O3S/c1-12(18-15(20)8-10-17-23(2,21)22)13-6-3-4-7-14(13)19-11-5-9-16-19/h3-7,9,11-12,17H,8,10H2,1-2H3,(H,18,20)/t12-/m1/s1. The number of nitrogens with zero attached hydrogens (tertiary/aromatic N) is 2. The summed E-state index contributed by atoms with van der Waals surface area (Å²) in [6.45, 7) is 1.96. The van der Waals surface area contributed by atoms with Crippen LogP contribution in [0.5, 0.6) is 0 Å². The van der Waals surface area contributed by atoms with Crippen LogP contribution in [0.3, 0.4) is 0 Å². The first-order chi connectivity index (χ1) is 10.9. The van der Waals surface area contributed by atoms with Gasteiger partial charge < -0.3 is 5.32 Å². The van der Waals surface area contributed by atoms with Gasteiger partial charge in [0.15, 0.2) is 0 Å². The molecule has 1 aromatic heterocycles. The predicted octanol–water partition coefficient (Wildman–Crippen LogP) is 0.989. The summed E-state index contributed by atoms with van der Waals surface area (Å²) in [5, 5.41) is 7.08. The van der Waals surface area contributed by atoms with Crippen LogP contribution in [0.4, 0.5) is 0 Å². The van der Waals surface area contributed by atoms with Gasteiger partial charge >= 0.3 is 0 Å². The molecule has 0 aliphatic carbocycles. The molecule has 7 nitrogen and oxygen atoms in total. The highest BCUT2D eigenvalue weighted by molar-refractivity contribution is 7.88. The van der Waals surface area contributed by atoms with E-state index in [1.165, 1.54) is 0 Å². The summed E-state index contributed by atoms with van der Waals surface area (Å²) in [6, 6.07) is 9.27. The molecule has 0 unspecified atom stereocenters. The molecule has 2 rings (SSSR count). The van der Waals surface area contributed by atoms with Gasteiger partial charge in [-0.05, 0) is 24.6 Å². The van der Waals surface area contributed by atoms with Crippen molar-refractivity contribution in [3.05, 3.63) is 48.3 Å². The molecular formula is C15H20N4O3S.